The molecule has 0 saturated heterocycles. The molecule has 1 N–H and O–H groups in total. The van der Waals surface area contributed by atoms with Gasteiger partial charge in [-0.2, -0.15) is 5.10 Å². The summed E-state index contributed by atoms with van der Waals surface area (Å²) in [7, 11) is 0. The molecule has 3 rings (SSSR count). The van der Waals surface area contributed by atoms with Gasteiger partial charge in [-0.25, -0.2) is 9.67 Å². The monoisotopic (exact) mass is 357 g/mol. The van der Waals surface area contributed by atoms with E-state index in [0.29, 0.717) is 17.3 Å². The number of fused-ring (bicyclic) bond motifs is 1. The molecular formula is C18H23N5O3. The SMILES string of the molecule is CCCn1ncnc1[C@H](C)NC(=O)CN1C(=O)COc2ccc(C)cc21. The average Bonchev–Trinajstić information content (AvgIpc) is 3.06. The number of carbonyl (C=O) groups is 2. The molecule has 1 aromatic heterocycles. The van der Waals surface area contributed by atoms with Crippen LogP contribution < -0.4 is 15.0 Å². The van der Waals surface area contributed by atoms with Gasteiger partial charge in [-0.3, -0.25) is 14.5 Å². The molecule has 0 radical (unpaired) electrons. The van der Waals surface area contributed by atoms with Crippen molar-refractivity contribution in [3.05, 3.63) is 35.9 Å². The molecule has 0 saturated carbocycles. The smallest absolute Gasteiger partial charge is 0.265 e. The first kappa shape index (κ1) is 17.9. The predicted octanol–water partition coefficient (Wildman–Crippen LogP) is 1.60. The summed E-state index contributed by atoms with van der Waals surface area (Å²) in [5.41, 5.74) is 1.62. The third kappa shape index (κ3) is 3.68. The van der Waals surface area contributed by atoms with Crippen molar-refractivity contribution in [3.63, 3.8) is 0 Å². The maximum Gasteiger partial charge on any atom is 0.265 e. The molecular weight excluding hydrogens is 334 g/mol. The Morgan fingerprint density at radius 3 is 3.00 bits per heavy atom. The second kappa shape index (κ2) is 7.55. The summed E-state index contributed by atoms with van der Waals surface area (Å²) in [5.74, 6) is 0.815. The van der Waals surface area contributed by atoms with Crippen molar-refractivity contribution in [1.82, 2.24) is 20.1 Å². The van der Waals surface area contributed by atoms with Crippen molar-refractivity contribution in [2.24, 2.45) is 0 Å². The molecule has 1 aromatic carbocycles. The van der Waals surface area contributed by atoms with Gasteiger partial charge >= 0.3 is 0 Å². The Bertz CT molecular complexity index is 817. The number of rotatable bonds is 6. The number of aryl methyl sites for hydroxylation is 2. The van der Waals surface area contributed by atoms with E-state index in [0.717, 1.165) is 18.5 Å². The molecule has 1 atom stereocenters. The fourth-order valence-electron chi connectivity index (χ4n) is 2.97. The van der Waals surface area contributed by atoms with Gasteiger partial charge in [0.1, 0.15) is 24.4 Å². The lowest BCUT2D eigenvalue weighted by molar-refractivity contribution is -0.125. The van der Waals surface area contributed by atoms with E-state index in [-0.39, 0.29) is 31.0 Å². The van der Waals surface area contributed by atoms with E-state index in [4.69, 9.17) is 4.74 Å². The maximum absolute atomic E-state index is 12.5. The molecule has 0 spiro atoms. The lowest BCUT2D eigenvalue weighted by atomic mass is 10.1. The zero-order valence-electron chi connectivity index (χ0n) is 15.2. The van der Waals surface area contributed by atoms with E-state index in [1.165, 1.54) is 11.2 Å². The topological polar surface area (TPSA) is 89.4 Å². The molecule has 0 aliphatic carbocycles. The van der Waals surface area contributed by atoms with Crippen LogP contribution in [0.15, 0.2) is 24.5 Å². The Labute approximate surface area is 152 Å². The van der Waals surface area contributed by atoms with Crippen molar-refractivity contribution >= 4 is 17.5 Å². The van der Waals surface area contributed by atoms with Crippen molar-refractivity contribution in [1.29, 1.82) is 0 Å². The lowest BCUT2D eigenvalue weighted by Crippen LogP contribution is -2.45. The van der Waals surface area contributed by atoms with Crippen LogP contribution >= 0.6 is 0 Å². The van der Waals surface area contributed by atoms with E-state index >= 15 is 0 Å². The van der Waals surface area contributed by atoms with Crippen molar-refractivity contribution in [2.75, 3.05) is 18.1 Å². The average molecular weight is 357 g/mol. The number of benzene rings is 1. The predicted molar refractivity (Wildman–Crippen MR) is 95.9 cm³/mol. The van der Waals surface area contributed by atoms with Crippen LogP contribution in [0.3, 0.4) is 0 Å². The molecule has 1 aliphatic heterocycles. The molecule has 0 bridgehead atoms. The van der Waals surface area contributed by atoms with Crippen LogP contribution in [-0.4, -0.2) is 39.7 Å². The number of ether oxygens (including phenoxy) is 1. The summed E-state index contributed by atoms with van der Waals surface area (Å²) >= 11 is 0. The number of aromatic nitrogens is 3. The highest BCUT2D eigenvalue weighted by Gasteiger charge is 2.28. The Morgan fingerprint density at radius 1 is 1.42 bits per heavy atom. The summed E-state index contributed by atoms with van der Waals surface area (Å²) in [6.07, 6.45) is 2.41. The zero-order chi connectivity index (χ0) is 18.7. The molecule has 2 amide bonds. The highest BCUT2D eigenvalue weighted by atomic mass is 16.5. The van der Waals surface area contributed by atoms with E-state index in [1.807, 2.05) is 32.0 Å². The highest BCUT2D eigenvalue weighted by molar-refractivity contribution is 6.02. The Morgan fingerprint density at radius 2 is 2.23 bits per heavy atom. The Balaban J connectivity index is 1.71. The summed E-state index contributed by atoms with van der Waals surface area (Å²) in [6, 6.07) is 5.28. The van der Waals surface area contributed by atoms with Gasteiger partial charge in [0.15, 0.2) is 6.61 Å². The molecule has 0 unspecified atom stereocenters. The minimum absolute atomic E-state index is 0.0646. The zero-order valence-corrected chi connectivity index (χ0v) is 15.2. The molecule has 2 heterocycles. The molecule has 8 nitrogen and oxygen atoms in total. The van der Waals surface area contributed by atoms with Crippen LogP contribution in [0.5, 0.6) is 5.75 Å². The summed E-state index contributed by atoms with van der Waals surface area (Å²) in [6.45, 7) is 6.45. The number of hydrogen-bond donors (Lipinski definition) is 1. The van der Waals surface area contributed by atoms with Gasteiger partial charge in [-0.15, -0.1) is 0 Å². The fraction of sp³-hybridized carbons (Fsp3) is 0.444. The van der Waals surface area contributed by atoms with Crippen LogP contribution in [0.25, 0.3) is 0 Å². The van der Waals surface area contributed by atoms with Crippen molar-refractivity contribution in [3.8, 4) is 5.75 Å². The van der Waals surface area contributed by atoms with Gasteiger partial charge in [-0.1, -0.05) is 13.0 Å². The first-order valence-corrected chi connectivity index (χ1v) is 8.70. The number of anilines is 1. The Hall–Kier alpha value is -2.90. The maximum atomic E-state index is 12.5. The number of amides is 2. The van der Waals surface area contributed by atoms with Gasteiger partial charge in [0.2, 0.25) is 5.91 Å². The van der Waals surface area contributed by atoms with Crippen molar-refractivity contribution < 1.29 is 14.3 Å². The minimum Gasteiger partial charge on any atom is -0.482 e. The summed E-state index contributed by atoms with van der Waals surface area (Å²) < 4.78 is 7.22. The van der Waals surface area contributed by atoms with E-state index in [9.17, 15) is 9.59 Å². The van der Waals surface area contributed by atoms with Crippen molar-refractivity contribution in [2.45, 2.75) is 39.8 Å². The normalized spacial score (nSPS) is 14.6. The fourth-order valence-corrected chi connectivity index (χ4v) is 2.97. The third-order valence-electron chi connectivity index (χ3n) is 4.20. The van der Waals surface area contributed by atoms with Gasteiger partial charge in [-0.05, 0) is 38.0 Å². The molecule has 138 valence electrons. The van der Waals surface area contributed by atoms with Gasteiger partial charge < -0.3 is 10.1 Å². The van der Waals surface area contributed by atoms with Crippen LogP contribution in [0.1, 0.15) is 37.7 Å². The van der Waals surface area contributed by atoms with Gasteiger partial charge in [0, 0.05) is 6.54 Å². The summed E-state index contributed by atoms with van der Waals surface area (Å²) in [4.78, 5) is 30.5. The minimum atomic E-state index is -0.301. The third-order valence-corrected chi connectivity index (χ3v) is 4.20. The van der Waals surface area contributed by atoms with E-state index in [2.05, 4.69) is 22.3 Å². The van der Waals surface area contributed by atoms with E-state index < -0.39 is 0 Å². The van der Waals surface area contributed by atoms with Crippen LogP contribution in [0.4, 0.5) is 5.69 Å². The second-order valence-electron chi connectivity index (χ2n) is 6.37. The van der Waals surface area contributed by atoms with Gasteiger partial charge in [0.25, 0.3) is 5.91 Å². The van der Waals surface area contributed by atoms with Crippen LogP contribution in [-0.2, 0) is 16.1 Å². The van der Waals surface area contributed by atoms with E-state index in [1.54, 1.807) is 4.68 Å². The molecule has 0 fully saturated rings. The Kier molecular flexibility index (Phi) is 5.20. The first-order valence-electron chi connectivity index (χ1n) is 8.70. The van der Waals surface area contributed by atoms with Crippen LogP contribution in [0, 0.1) is 6.92 Å². The number of carbonyl (C=O) groups excluding carboxylic acids is 2. The second-order valence-corrected chi connectivity index (χ2v) is 6.37. The number of nitrogens with one attached hydrogen (secondary N) is 1. The molecule has 8 heteroatoms. The molecule has 26 heavy (non-hydrogen) atoms. The number of nitrogens with zero attached hydrogens (tertiary/aromatic N) is 4. The standard InChI is InChI=1S/C18H23N5O3/c1-4-7-23-18(19-11-20-23)13(3)21-16(24)9-22-14-8-12(2)5-6-15(14)26-10-17(22)25/h5-6,8,11,13H,4,7,9-10H2,1-3H3,(H,21,24)/t13-/m0/s1. The summed E-state index contributed by atoms with van der Waals surface area (Å²) in [5, 5.41) is 7.07. The number of hydrogen-bond acceptors (Lipinski definition) is 5. The largest absolute Gasteiger partial charge is 0.482 e. The van der Waals surface area contributed by atoms with Crippen LogP contribution in [0.2, 0.25) is 0 Å². The quantitative estimate of drug-likeness (QED) is 0.848. The van der Waals surface area contributed by atoms with Gasteiger partial charge in [0.05, 0.1) is 11.7 Å². The lowest BCUT2D eigenvalue weighted by Gasteiger charge is -2.29. The molecule has 2 aromatic rings. The molecule has 1 aliphatic rings. The first-order chi connectivity index (χ1) is 12.5. The highest BCUT2D eigenvalue weighted by Crippen LogP contribution is 2.32.